The minimum Gasteiger partial charge on any atom is -0.357 e. The molecular weight excluding hydrogens is 240 g/mol. The van der Waals surface area contributed by atoms with Gasteiger partial charge in [-0.3, -0.25) is 0 Å². The molecule has 1 fully saturated rings. The van der Waals surface area contributed by atoms with E-state index in [0.717, 1.165) is 19.3 Å². The van der Waals surface area contributed by atoms with Crippen molar-refractivity contribution in [3.05, 3.63) is 12.4 Å². The minimum atomic E-state index is -3.41. The van der Waals surface area contributed by atoms with E-state index in [0.29, 0.717) is 19.0 Å². The number of hydrogen-bond acceptors (Lipinski definition) is 5. The molecule has 1 saturated heterocycles. The maximum atomic E-state index is 12.2. The molecule has 1 aromatic rings. The normalized spacial score (nSPS) is 17.9. The largest absolute Gasteiger partial charge is 0.357 e. The van der Waals surface area contributed by atoms with Crippen LogP contribution in [0.15, 0.2) is 17.3 Å². The second-order valence-corrected chi connectivity index (χ2v) is 5.90. The number of rotatable bonds is 3. The zero-order valence-corrected chi connectivity index (χ0v) is 10.6. The summed E-state index contributed by atoms with van der Waals surface area (Å²) in [5, 5.41) is 2.75. The fraction of sp³-hybridized carbons (Fsp3) is 0.600. The highest BCUT2D eigenvalue weighted by molar-refractivity contribution is 7.89. The molecule has 2 heterocycles. The molecule has 17 heavy (non-hydrogen) atoms. The van der Waals surface area contributed by atoms with Crippen molar-refractivity contribution in [3.8, 4) is 0 Å². The zero-order valence-electron chi connectivity index (χ0n) is 9.76. The van der Waals surface area contributed by atoms with E-state index < -0.39 is 10.0 Å². The molecule has 1 aliphatic heterocycles. The third kappa shape index (κ3) is 2.55. The average Bonchev–Trinajstić information content (AvgIpc) is 2.40. The molecule has 1 N–H and O–H groups in total. The summed E-state index contributed by atoms with van der Waals surface area (Å²) < 4.78 is 25.9. The first-order valence-corrected chi connectivity index (χ1v) is 7.08. The highest BCUT2D eigenvalue weighted by Gasteiger charge is 2.26. The van der Waals surface area contributed by atoms with Crippen LogP contribution in [0.3, 0.4) is 0 Å². The summed E-state index contributed by atoms with van der Waals surface area (Å²) in [5.74, 6) is 0.419. The highest BCUT2D eigenvalue weighted by atomic mass is 32.2. The molecule has 6 nitrogen and oxygen atoms in total. The van der Waals surface area contributed by atoms with Crippen LogP contribution in [0.4, 0.5) is 5.95 Å². The van der Waals surface area contributed by atoms with Gasteiger partial charge in [-0.2, -0.15) is 4.31 Å². The Hall–Kier alpha value is -1.21. The summed E-state index contributed by atoms with van der Waals surface area (Å²) in [6.45, 7) is 1.19. The standard InChI is InChI=1S/C10H16N4O2S/c1-11-10-12-7-9(8-13-10)17(15,16)14-5-3-2-4-6-14/h7-8H,2-6H2,1H3,(H,11,12,13). The van der Waals surface area contributed by atoms with Crippen molar-refractivity contribution in [2.45, 2.75) is 24.2 Å². The molecule has 0 aromatic carbocycles. The quantitative estimate of drug-likeness (QED) is 0.861. The molecule has 1 aliphatic rings. The molecule has 0 aliphatic carbocycles. The lowest BCUT2D eigenvalue weighted by Crippen LogP contribution is -2.35. The first-order chi connectivity index (χ1) is 8.14. The summed E-state index contributed by atoms with van der Waals surface area (Å²) in [6.07, 6.45) is 5.65. The molecule has 0 bridgehead atoms. The van der Waals surface area contributed by atoms with Gasteiger partial charge in [0.1, 0.15) is 4.90 Å². The van der Waals surface area contributed by atoms with Crippen LogP contribution in [0, 0.1) is 0 Å². The number of aromatic nitrogens is 2. The molecule has 94 valence electrons. The van der Waals surface area contributed by atoms with Gasteiger partial charge in [0.05, 0.1) is 12.4 Å². The van der Waals surface area contributed by atoms with Gasteiger partial charge in [-0.25, -0.2) is 18.4 Å². The third-order valence-corrected chi connectivity index (χ3v) is 4.66. The molecule has 0 amide bonds. The Morgan fingerprint density at radius 1 is 1.18 bits per heavy atom. The monoisotopic (exact) mass is 256 g/mol. The second-order valence-electron chi connectivity index (χ2n) is 3.96. The van der Waals surface area contributed by atoms with Crippen LogP contribution < -0.4 is 5.32 Å². The van der Waals surface area contributed by atoms with Crippen molar-refractivity contribution in [2.24, 2.45) is 0 Å². The summed E-state index contributed by atoms with van der Waals surface area (Å²) >= 11 is 0. The van der Waals surface area contributed by atoms with Crippen molar-refractivity contribution in [1.29, 1.82) is 0 Å². The van der Waals surface area contributed by atoms with Crippen LogP contribution in [-0.4, -0.2) is 42.8 Å². The summed E-state index contributed by atoms with van der Waals surface area (Å²) in [5.41, 5.74) is 0. The van der Waals surface area contributed by atoms with Gasteiger partial charge in [-0.05, 0) is 12.8 Å². The van der Waals surface area contributed by atoms with Gasteiger partial charge in [0, 0.05) is 20.1 Å². The van der Waals surface area contributed by atoms with Gasteiger partial charge >= 0.3 is 0 Å². The van der Waals surface area contributed by atoms with Crippen LogP contribution in [0.1, 0.15) is 19.3 Å². The number of hydrogen-bond donors (Lipinski definition) is 1. The van der Waals surface area contributed by atoms with Crippen LogP contribution in [0.5, 0.6) is 0 Å². The molecule has 2 rings (SSSR count). The van der Waals surface area contributed by atoms with Gasteiger partial charge in [0.2, 0.25) is 16.0 Å². The highest BCUT2D eigenvalue weighted by Crippen LogP contribution is 2.19. The molecular formula is C10H16N4O2S. The Labute approximate surface area is 101 Å². The van der Waals surface area contributed by atoms with E-state index in [1.54, 1.807) is 7.05 Å². The van der Waals surface area contributed by atoms with Crippen LogP contribution in [0.25, 0.3) is 0 Å². The molecule has 7 heteroatoms. The number of nitrogens with zero attached hydrogens (tertiary/aromatic N) is 3. The van der Waals surface area contributed by atoms with E-state index in [-0.39, 0.29) is 4.90 Å². The lowest BCUT2D eigenvalue weighted by Gasteiger charge is -2.25. The van der Waals surface area contributed by atoms with Gasteiger partial charge < -0.3 is 5.32 Å². The predicted molar refractivity (Wildman–Crippen MR) is 64.2 cm³/mol. The van der Waals surface area contributed by atoms with E-state index in [2.05, 4.69) is 15.3 Å². The Morgan fingerprint density at radius 3 is 2.29 bits per heavy atom. The van der Waals surface area contributed by atoms with E-state index in [4.69, 9.17) is 0 Å². The average molecular weight is 256 g/mol. The predicted octanol–water partition coefficient (Wildman–Crippen LogP) is 0.693. The van der Waals surface area contributed by atoms with E-state index in [1.807, 2.05) is 0 Å². The number of anilines is 1. The summed E-state index contributed by atoms with van der Waals surface area (Å²) in [6, 6.07) is 0. The van der Waals surface area contributed by atoms with E-state index in [1.165, 1.54) is 16.7 Å². The lowest BCUT2D eigenvalue weighted by molar-refractivity contribution is 0.346. The van der Waals surface area contributed by atoms with Crippen molar-refractivity contribution in [2.75, 3.05) is 25.5 Å². The molecule has 0 radical (unpaired) electrons. The zero-order chi connectivity index (χ0) is 12.3. The van der Waals surface area contributed by atoms with E-state index in [9.17, 15) is 8.42 Å². The minimum absolute atomic E-state index is 0.165. The van der Waals surface area contributed by atoms with Crippen molar-refractivity contribution >= 4 is 16.0 Å². The SMILES string of the molecule is CNc1ncc(S(=O)(=O)N2CCCCC2)cn1. The summed E-state index contributed by atoms with van der Waals surface area (Å²) in [7, 11) is -1.72. The maximum Gasteiger partial charge on any atom is 0.246 e. The second kappa shape index (κ2) is 4.97. The Balaban J connectivity index is 2.23. The first-order valence-electron chi connectivity index (χ1n) is 5.64. The van der Waals surface area contributed by atoms with Crippen LogP contribution >= 0.6 is 0 Å². The smallest absolute Gasteiger partial charge is 0.246 e. The Bertz CT molecular complexity index is 466. The maximum absolute atomic E-state index is 12.2. The van der Waals surface area contributed by atoms with Crippen LogP contribution in [0.2, 0.25) is 0 Å². The van der Waals surface area contributed by atoms with Crippen LogP contribution in [-0.2, 0) is 10.0 Å². The third-order valence-electron chi connectivity index (χ3n) is 2.80. The van der Waals surface area contributed by atoms with Crippen molar-refractivity contribution in [1.82, 2.24) is 14.3 Å². The van der Waals surface area contributed by atoms with E-state index >= 15 is 0 Å². The molecule has 0 atom stereocenters. The van der Waals surface area contributed by atoms with Crippen molar-refractivity contribution < 1.29 is 8.42 Å². The molecule has 0 saturated carbocycles. The number of sulfonamides is 1. The van der Waals surface area contributed by atoms with Gasteiger partial charge in [-0.15, -0.1) is 0 Å². The van der Waals surface area contributed by atoms with Crippen molar-refractivity contribution in [3.63, 3.8) is 0 Å². The van der Waals surface area contributed by atoms with Gasteiger partial charge in [0.25, 0.3) is 0 Å². The number of nitrogens with one attached hydrogen (secondary N) is 1. The van der Waals surface area contributed by atoms with Gasteiger partial charge in [0.15, 0.2) is 0 Å². The van der Waals surface area contributed by atoms with Gasteiger partial charge in [-0.1, -0.05) is 6.42 Å². The Morgan fingerprint density at radius 2 is 1.76 bits per heavy atom. The fourth-order valence-electron chi connectivity index (χ4n) is 1.83. The summed E-state index contributed by atoms with van der Waals surface area (Å²) in [4.78, 5) is 8.03. The topological polar surface area (TPSA) is 75.2 Å². The lowest BCUT2D eigenvalue weighted by atomic mass is 10.2. The Kier molecular flexibility index (Phi) is 3.58. The first kappa shape index (κ1) is 12.3. The molecule has 0 unspecified atom stereocenters. The fourth-order valence-corrected chi connectivity index (χ4v) is 3.24. The molecule has 0 spiro atoms. The molecule has 1 aromatic heterocycles. The number of piperidine rings is 1.